The Balaban J connectivity index is 1.40. The molecule has 34 heavy (non-hydrogen) atoms. The molecule has 0 unspecified atom stereocenters. The molecule has 0 aromatic heterocycles. The number of unbranched alkanes of at least 4 members (excludes halogenated alkanes) is 3. The van der Waals surface area contributed by atoms with Crippen LogP contribution in [0.1, 0.15) is 67.8 Å². The lowest BCUT2D eigenvalue weighted by molar-refractivity contribution is 0.112. The van der Waals surface area contributed by atoms with E-state index in [4.69, 9.17) is 5.10 Å². The van der Waals surface area contributed by atoms with E-state index in [1.807, 2.05) is 0 Å². The lowest BCUT2D eigenvalue weighted by Crippen LogP contribution is -2.46. The van der Waals surface area contributed by atoms with Crippen LogP contribution >= 0.6 is 0 Å². The second-order valence-corrected chi connectivity index (χ2v) is 9.41. The third-order valence-electron chi connectivity index (χ3n) is 6.84. The molecule has 4 rings (SSSR count). The SMILES string of the molecule is CCCCCCc1cccc(/C(C)=N/N2CCN(C(c3ccccc3)c3ccccc3)CC2)c1. The van der Waals surface area contributed by atoms with Crippen molar-refractivity contribution >= 4 is 5.71 Å². The number of rotatable bonds is 10. The van der Waals surface area contributed by atoms with Crippen molar-refractivity contribution in [1.82, 2.24) is 9.91 Å². The first-order valence-corrected chi connectivity index (χ1v) is 13.0. The van der Waals surface area contributed by atoms with Crippen LogP contribution in [0.5, 0.6) is 0 Å². The van der Waals surface area contributed by atoms with Crippen molar-refractivity contribution in [3.63, 3.8) is 0 Å². The first kappa shape index (κ1) is 24.2. The standard InChI is InChI=1S/C31H39N3/c1-3-4-5-8-14-27-15-13-20-30(25-27)26(2)32-34-23-21-33(22-24-34)31(28-16-9-6-10-17-28)29-18-11-7-12-19-29/h6-7,9-13,15-20,25,31H,3-5,8,14,21-24H2,1-2H3/b32-26+. The van der Waals surface area contributed by atoms with Crippen molar-refractivity contribution in [1.29, 1.82) is 0 Å². The summed E-state index contributed by atoms with van der Waals surface area (Å²) in [6, 6.07) is 31.1. The van der Waals surface area contributed by atoms with Crippen molar-refractivity contribution in [3.05, 3.63) is 107 Å². The van der Waals surface area contributed by atoms with E-state index in [2.05, 4.69) is 109 Å². The highest BCUT2D eigenvalue weighted by atomic mass is 15.5. The van der Waals surface area contributed by atoms with Gasteiger partial charge in [0.15, 0.2) is 0 Å². The van der Waals surface area contributed by atoms with Crippen LogP contribution in [0.25, 0.3) is 0 Å². The maximum Gasteiger partial charge on any atom is 0.0646 e. The molecule has 1 aliphatic rings. The van der Waals surface area contributed by atoms with Crippen LogP contribution < -0.4 is 0 Å². The Hall–Kier alpha value is -2.91. The van der Waals surface area contributed by atoms with Gasteiger partial charge in [-0.25, -0.2) is 0 Å². The quantitative estimate of drug-likeness (QED) is 0.244. The molecule has 0 amide bonds. The average Bonchev–Trinajstić information content (AvgIpc) is 2.89. The molecule has 0 spiro atoms. The summed E-state index contributed by atoms with van der Waals surface area (Å²) in [6.07, 6.45) is 6.39. The van der Waals surface area contributed by atoms with Crippen LogP contribution in [0.15, 0.2) is 90.0 Å². The molecule has 3 nitrogen and oxygen atoms in total. The Morgan fingerprint density at radius 1 is 0.765 bits per heavy atom. The highest BCUT2D eigenvalue weighted by molar-refractivity contribution is 5.98. The number of piperazine rings is 1. The van der Waals surface area contributed by atoms with E-state index in [0.29, 0.717) is 6.04 Å². The number of aryl methyl sites for hydroxylation is 1. The molecule has 3 aromatic rings. The third kappa shape index (κ3) is 6.57. The van der Waals surface area contributed by atoms with Gasteiger partial charge in [-0.2, -0.15) is 5.10 Å². The summed E-state index contributed by atoms with van der Waals surface area (Å²) in [4.78, 5) is 2.60. The fraction of sp³-hybridized carbons (Fsp3) is 0.387. The minimum atomic E-state index is 0.291. The first-order valence-electron chi connectivity index (χ1n) is 13.0. The number of benzene rings is 3. The van der Waals surface area contributed by atoms with E-state index >= 15 is 0 Å². The van der Waals surface area contributed by atoms with Gasteiger partial charge in [0.2, 0.25) is 0 Å². The van der Waals surface area contributed by atoms with Crippen LogP contribution in [0.2, 0.25) is 0 Å². The highest BCUT2D eigenvalue weighted by Gasteiger charge is 2.26. The van der Waals surface area contributed by atoms with E-state index in [1.54, 1.807) is 0 Å². The topological polar surface area (TPSA) is 18.8 Å². The molecule has 1 heterocycles. The molecule has 3 aromatic carbocycles. The smallest absolute Gasteiger partial charge is 0.0646 e. The molecule has 178 valence electrons. The molecule has 1 saturated heterocycles. The third-order valence-corrected chi connectivity index (χ3v) is 6.84. The van der Waals surface area contributed by atoms with Crippen LogP contribution in [0, 0.1) is 0 Å². The summed E-state index contributed by atoms with van der Waals surface area (Å²) < 4.78 is 0. The van der Waals surface area contributed by atoms with E-state index in [-0.39, 0.29) is 0 Å². The van der Waals surface area contributed by atoms with Crippen molar-refractivity contribution in [2.24, 2.45) is 5.10 Å². The summed E-state index contributed by atoms with van der Waals surface area (Å²) in [6.45, 7) is 8.32. The van der Waals surface area contributed by atoms with E-state index in [1.165, 1.54) is 54.4 Å². The van der Waals surface area contributed by atoms with Crippen LogP contribution in [0.4, 0.5) is 0 Å². The number of hydrazone groups is 1. The Morgan fingerprint density at radius 3 is 2.03 bits per heavy atom. The van der Waals surface area contributed by atoms with Gasteiger partial charge in [-0.15, -0.1) is 0 Å². The van der Waals surface area contributed by atoms with Gasteiger partial charge in [0.05, 0.1) is 11.8 Å². The molecule has 0 aliphatic carbocycles. The maximum absolute atomic E-state index is 5.02. The number of nitrogens with zero attached hydrogens (tertiary/aromatic N) is 3. The van der Waals surface area contributed by atoms with Crippen LogP contribution in [0.3, 0.4) is 0 Å². The van der Waals surface area contributed by atoms with Crippen LogP contribution in [-0.2, 0) is 6.42 Å². The first-order chi connectivity index (χ1) is 16.7. The average molecular weight is 454 g/mol. The molecule has 1 aliphatic heterocycles. The largest absolute Gasteiger partial charge is 0.294 e. The fourth-order valence-corrected chi connectivity index (χ4v) is 4.93. The molecular formula is C31H39N3. The zero-order valence-electron chi connectivity index (χ0n) is 20.9. The van der Waals surface area contributed by atoms with E-state index in [9.17, 15) is 0 Å². The fourth-order valence-electron chi connectivity index (χ4n) is 4.93. The van der Waals surface area contributed by atoms with Gasteiger partial charge in [-0.1, -0.05) is 105 Å². The minimum absolute atomic E-state index is 0.291. The van der Waals surface area contributed by atoms with Gasteiger partial charge >= 0.3 is 0 Å². The molecule has 0 radical (unpaired) electrons. The summed E-state index contributed by atoms with van der Waals surface area (Å²) in [5.41, 5.74) is 6.52. The highest BCUT2D eigenvalue weighted by Crippen LogP contribution is 2.29. The Bertz CT molecular complexity index is 981. The van der Waals surface area contributed by atoms with E-state index < -0.39 is 0 Å². The molecule has 0 N–H and O–H groups in total. The second kappa shape index (κ2) is 12.5. The minimum Gasteiger partial charge on any atom is -0.294 e. The summed E-state index contributed by atoms with van der Waals surface area (Å²) in [5, 5.41) is 7.28. The van der Waals surface area contributed by atoms with Crippen molar-refractivity contribution < 1.29 is 0 Å². The second-order valence-electron chi connectivity index (χ2n) is 9.41. The number of hydrogen-bond donors (Lipinski definition) is 0. The lowest BCUT2D eigenvalue weighted by atomic mass is 9.96. The van der Waals surface area contributed by atoms with Gasteiger partial charge in [0, 0.05) is 26.2 Å². The van der Waals surface area contributed by atoms with Gasteiger partial charge < -0.3 is 0 Å². The predicted molar refractivity (Wildman–Crippen MR) is 144 cm³/mol. The summed E-state index contributed by atoms with van der Waals surface area (Å²) in [7, 11) is 0. The van der Waals surface area contributed by atoms with Gasteiger partial charge in [-0.3, -0.25) is 9.91 Å². The van der Waals surface area contributed by atoms with Gasteiger partial charge in [0.25, 0.3) is 0 Å². The van der Waals surface area contributed by atoms with E-state index in [0.717, 1.165) is 31.9 Å². The van der Waals surface area contributed by atoms with Gasteiger partial charge in [0.1, 0.15) is 0 Å². The Labute approximate surface area is 206 Å². The zero-order valence-corrected chi connectivity index (χ0v) is 20.9. The van der Waals surface area contributed by atoms with Crippen molar-refractivity contribution in [2.75, 3.05) is 26.2 Å². The summed E-state index contributed by atoms with van der Waals surface area (Å²) >= 11 is 0. The van der Waals surface area contributed by atoms with Crippen molar-refractivity contribution in [3.8, 4) is 0 Å². The molecule has 3 heteroatoms. The molecule has 0 saturated carbocycles. The molecule has 0 bridgehead atoms. The normalized spacial score (nSPS) is 15.1. The van der Waals surface area contributed by atoms with Crippen molar-refractivity contribution in [2.45, 2.75) is 52.0 Å². The zero-order chi connectivity index (χ0) is 23.6. The van der Waals surface area contributed by atoms with Gasteiger partial charge in [-0.05, 0) is 48.1 Å². The Kier molecular flexibility index (Phi) is 8.92. The lowest BCUT2D eigenvalue weighted by Gasteiger charge is -2.39. The maximum atomic E-state index is 5.02. The number of hydrogen-bond acceptors (Lipinski definition) is 3. The summed E-state index contributed by atoms with van der Waals surface area (Å²) in [5.74, 6) is 0. The molecular weight excluding hydrogens is 414 g/mol. The molecule has 0 atom stereocenters. The predicted octanol–water partition coefficient (Wildman–Crippen LogP) is 6.94. The van der Waals surface area contributed by atoms with Crippen LogP contribution in [-0.4, -0.2) is 41.8 Å². The monoisotopic (exact) mass is 453 g/mol. The Morgan fingerprint density at radius 2 is 1.41 bits per heavy atom. The molecule has 1 fully saturated rings.